The molecule has 1 aliphatic rings. The van der Waals surface area contributed by atoms with Crippen molar-refractivity contribution in [3.63, 3.8) is 0 Å². The van der Waals surface area contributed by atoms with E-state index in [0.717, 1.165) is 47.8 Å². The number of nitriles is 1. The molecule has 13 heteroatoms. The van der Waals surface area contributed by atoms with Crippen LogP contribution in [0.4, 0.5) is 11.5 Å². The second-order valence-corrected chi connectivity index (χ2v) is 12.2. The molecule has 0 unspecified atom stereocenters. The van der Waals surface area contributed by atoms with Crippen LogP contribution < -0.4 is 15.4 Å². The number of ether oxygens (including phenoxy) is 2. The lowest BCUT2D eigenvalue weighted by Crippen LogP contribution is -2.29. The minimum Gasteiger partial charge on any atom is -0.490 e. The summed E-state index contributed by atoms with van der Waals surface area (Å²) < 4.78 is 10.8. The zero-order valence-corrected chi connectivity index (χ0v) is 28.7. The first-order chi connectivity index (χ1) is 21.4. The number of carbonyl (C=O) groups is 1. The van der Waals surface area contributed by atoms with E-state index in [9.17, 15) is 10.1 Å². The van der Waals surface area contributed by atoms with Crippen molar-refractivity contribution in [3.8, 4) is 33.5 Å². The average Bonchev–Trinajstić information content (AvgIpc) is 3.75. The lowest BCUT2D eigenvalue weighted by molar-refractivity contribution is -0.145. The SMILES string of the molecule is Cl.Cl.[C-]#[N+]c1c(N2CCCC2)nc(SCc2csc(-c3ccc(C)cc3)n2)c(C#N)c1-c1ccc(OCCOC(=O)[C@H](C)N)cc1. The van der Waals surface area contributed by atoms with Crippen molar-refractivity contribution in [2.45, 2.75) is 43.5 Å². The van der Waals surface area contributed by atoms with Crippen molar-refractivity contribution in [1.82, 2.24) is 9.97 Å². The molecular weight excluding hydrogens is 663 g/mol. The molecule has 0 bridgehead atoms. The van der Waals surface area contributed by atoms with Crippen LogP contribution in [0.25, 0.3) is 26.5 Å². The molecule has 1 aliphatic heterocycles. The molecule has 1 fully saturated rings. The maximum Gasteiger partial charge on any atom is 0.322 e. The summed E-state index contributed by atoms with van der Waals surface area (Å²) in [7, 11) is 0. The van der Waals surface area contributed by atoms with Crippen LogP contribution in [0.2, 0.25) is 0 Å². The number of esters is 1. The first-order valence-corrected chi connectivity index (χ1v) is 16.1. The molecule has 2 N–H and O–H groups in total. The van der Waals surface area contributed by atoms with Gasteiger partial charge in [0, 0.05) is 35.3 Å². The first-order valence-electron chi connectivity index (χ1n) is 14.3. The summed E-state index contributed by atoms with van der Waals surface area (Å²) in [5.74, 6) is 1.25. The monoisotopic (exact) mass is 696 g/mol. The fourth-order valence-electron chi connectivity index (χ4n) is 4.78. The molecule has 4 aromatic rings. The minimum absolute atomic E-state index is 0. The second kappa shape index (κ2) is 17.2. The van der Waals surface area contributed by atoms with Crippen LogP contribution in [-0.4, -0.2) is 48.3 Å². The Morgan fingerprint density at radius 1 is 1.11 bits per heavy atom. The molecule has 0 amide bonds. The molecule has 9 nitrogen and oxygen atoms in total. The van der Waals surface area contributed by atoms with E-state index in [2.05, 4.69) is 47.0 Å². The highest BCUT2D eigenvalue weighted by atomic mass is 35.5. The number of carbonyl (C=O) groups excluding carboxylic acids is 1. The molecule has 2 aromatic carbocycles. The summed E-state index contributed by atoms with van der Waals surface area (Å²) in [5.41, 5.74) is 10.7. The number of hydrogen-bond acceptors (Lipinski definition) is 10. The fraction of sp³-hybridized carbons (Fsp3) is 0.303. The predicted molar refractivity (Wildman–Crippen MR) is 189 cm³/mol. The number of pyridine rings is 1. The molecule has 1 saturated heterocycles. The van der Waals surface area contributed by atoms with E-state index in [1.165, 1.54) is 17.3 Å². The van der Waals surface area contributed by atoms with E-state index in [-0.39, 0.29) is 38.0 Å². The van der Waals surface area contributed by atoms with Crippen molar-refractivity contribution >= 4 is 65.4 Å². The fourth-order valence-corrected chi connectivity index (χ4v) is 6.59. The van der Waals surface area contributed by atoms with Gasteiger partial charge in [-0.2, -0.15) is 5.26 Å². The Bertz CT molecular complexity index is 1710. The first kappa shape index (κ1) is 36.6. The van der Waals surface area contributed by atoms with Crippen molar-refractivity contribution in [2.75, 3.05) is 31.2 Å². The highest BCUT2D eigenvalue weighted by Crippen LogP contribution is 2.45. The lowest BCUT2D eigenvalue weighted by atomic mass is 9.99. The molecular formula is C33H34Cl2N6O3S2. The molecule has 5 rings (SSSR count). The quantitative estimate of drug-likeness (QED) is 0.0731. The van der Waals surface area contributed by atoms with Crippen molar-refractivity contribution in [3.05, 3.63) is 82.1 Å². The Labute approximate surface area is 289 Å². The second-order valence-electron chi connectivity index (χ2n) is 10.4. The number of anilines is 1. The van der Waals surface area contributed by atoms with E-state index in [4.69, 9.17) is 31.7 Å². The highest BCUT2D eigenvalue weighted by molar-refractivity contribution is 7.98. The standard InChI is InChI=1S/C33H32N6O3S2.2ClH/c1-21-6-8-24(9-7-21)31-37-25(19-43-31)20-44-32-27(18-34)28(29(36-3)30(38-32)39-14-4-5-15-39)23-10-12-26(13-11-23)41-16-17-42-33(40)22(2)35;;/h6-13,19,22H,4-5,14-17,20,35H2,1-2H3;2*1H/t22-;;/m0../s1. The van der Waals surface area contributed by atoms with Gasteiger partial charge >= 0.3 is 5.97 Å². The van der Waals surface area contributed by atoms with Crippen LogP contribution in [0.5, 0.6) is 5.75 Å². The Morgan fingerprint density at radius 2 is 1.78 bits per heavy atom. The Morgan fingerprint density at radius 3 is 2.41 bits per heavy atom. The van der Waals surface area contributed by atoms with Gasteiger partial charge in [0.1, 0.15) is 46.9 Å². The van der Waals surface area contributed by atoms with Crippen molar-refractivity contribution in [2.24, 2.45) is 5.73 Å². The Hall–Kier alpha value is -3.84. The Kier molecular flexibility index (Phi) is 13.7. The number of nitrogens with zero attached hydrogens (tertiary/aromatic N) is 5. The summed E-state index contributed by atoms with van der Waals surface area (Å²) in [5, 5.41) is 14.0. The number of nitrogens with two attached hydrogens (primary N) is 1. The molecule has 1 atom stereocenters. The maximum absolute atomic E-state index is 11.6. The van der Waals surface area contributed by atoms with Crippen LogP contribution in [0.3, 0.4) is 0 Å². The van der Waals surface area contributed by atoms with Gasteiger partial charge in [-0.3, -0.25) is 4.79 Å². The maximum atomic E-state index is 11.6. The Balaban J connectivity index is 0.00000288. The molecule has 3 heterocycles. The number of benzene rings is 2. The topological polar surface area (TPSA) is 119 Å². The van der Waals surface area contributed by atoms with E-state index in [1.807, 2.05) is 17.5 Å². The molecule has 0 aliphatic carbocycles. The number of aryl methyl sites for hydroxylation is 1. The van der Waals surface area contributed by atoms with Crippen molar-refractivity contribution in [1.29, 1.82) is 5.26 Å². The van der Waals surface area contributed by atoms with Crippen molar-refractivity contribution < 1.29 is 14.3 Å². The summed E-state index contributed by atoms with van der Waals surface area (Å²) in [6.07, 6.45) is 2.06. The van der Waals surface area contributed by atoms with E-state index >= 15 is 0 Å². The third kappa shape index (κ3) is 8.69. The van der Waals surface area contributed by atoms with Gasteiger partial charge in [-0.15, -0.1) is 36.2 Å². The number of thioether (sulfide) groups is 1. The summed E-state index contributed by atoms with van der Waals surface area (Å²) >= 11 is 3.06. The van der Waals surface area contributed by atoms with Gasteiger partial charge in [-0.1, -0.05) is 53.7 Å². The number of halogens is 2. The lowest BCUT2D eigenvalue weighted by Gasteiger charge is -2.22. The van der Waals surface area contributed by atoms with E-state index < -0.39 is 12.0 Å². The van der Waals surface area contributed by atoms with E-state index in [1.54, 1.807) is 30.4 Å². The van der Waals surface area contributed by atoms with Gasteiger partial charge in [0.2, 0.25) is 5.69 Å². The molecule has 0 saturated carbocycles. The molecule has 240 valence electrons. The summed E-state index contributed by atoms with van der Waals surface area (Å²) in [6, 6.07) is 17.2. The predicted octanol–water partition coefficient (Wildman–Crippen LogP) is 7.61. The van der Waals surface area contributed by atoms with Crippen LogP contribution in [0.1, 0.15) is 36.6 Å². The number of thiazole rings is 1. The largest absolute Gasteiger partial charge is 0.490 e. The smallest absolute Gasteiger partial charge is 0.322 e. The zero-order valence-electron chi connectivity index (χ0n) is 25.4. The number of aromatic nitrogens is 2. The highest BCUT2D eigenvalue weighted by Gasteiger charge is 2.26. The van der Waals surface area contributed by atoms with Crippen LogP contribution >= 0.6 is 47.9 Å². The van der Waals surface area contributed by atoms with Gasteiger partial charge in [0.05, 0.1) is 17.8 Å². The summed E-state index contributed by atoms with van der Waals surface area (Å²) in [6.45, 7) is 13.6. The van der Waals surface area contributed by atoms with Gasteiger partial charge in [-0.05, 0) is 44.4 Å². The molecule has 0 radical (unpaired) electrons. The minimum atomic E-state index is -0.688. The zero-order chi connectivity index (χ0) is 31.1. The van der Waals surface area contributed by atoms with Gasteiger partial charge in [0.25, 0.3) is 0 Å². The molecule has 46 heavy (non-hydrogen) atoms. The van der Waals surface area contributed by atoms with Crippen LogP contribution in [-0.2, 0) is 15.3 Å². The van der Waals surface area contributed by atoms with Gasteiger partial charge in [-0.25, -0.2) is 14.8 Å². The average molecular weight is 698 g/mol. The van der Waals surface area contributed by atoms with Gasteiger partial charge in [0.15, 0.2) is 0 Å². The molecule has 2 aromatic heterocycles. The summed E-state index contributed by atoms with van der Waals surface area (Å²) in [4.78, 5) is 27.4. The van der Waals surface area contributed by atoms with Crippen LogP contribution in [0.15, 0.2) is 58.9 Å². The van der Waals surface area contributed by atoms with Crippen LogP contribution in [0, 0.1) is 24.8 Å². The third-order valence-electron chi connectivity index (χ3n) is 7.07. The van der Waals surface area contributed by atoms with Gasteiger partial charge < -0.3 is 20.1 Å². The third-order valence-corrected chi connectivity index (χ3v) is 9.02. The normalized spacial score (nSPS) is 12.7. The number of rotatable bonds is 11. The molecule has 0 spiro atoms. The number of hydrogen-bond donors (Lipinski definition) is 1. The van der Waals surface area contributed by atoms with E-state index in [0.29, 0.717) is 39.2 Å².